The van der Waals surface area contributed by atoms with Crippen molar-refractivity contribution in [2.75, 3.05) is 41.7 Å². The lowest BCUT2D eigenvalue weighted by molar-refractivity contribution is 0.647. The Labute approximate surface area is 119 Å². The number of aromatic nitrogens is 1. The molecule has 1 aliphatic heterocycles. The Morgan fingerprint density at radius 2 is 1.65 bits per heavy atom. The van der Waals surface area contributed by atoms with Crippen LogP contribution < -0.4 is 15.5 Å². The molecule has 3 rings (SSSR count). The fraction of sp³-hybridized carbons (Fsp3) is 0.312. The maximum atomic E-state index is 5.83. The summed E-state index contributed by atoms with van der Waals surface area (Å²) >= 11 is 0. The van der Waals surface area contributed by atoms with Crippen molar-refractivity contribution in [1.29, 1.82) is 0 Å². The molecule has 2 aromatic rings. The normalized spacial score (nSPS) is 15.4. The number of anilines is 3. The van der Waals surface area contributed by atoms with E-state index >= 15 is 0 Å². The van der Waals surface area contributed by atoms with E-state index in [0.29, 0.717) is 0 Å². The summed E-state index contributed by atoms with van der Waals surface area (Å²) in [5, 5.41) is 0. The SMILES string of the molecule is Cc1cc(N2CCN(c3ccccc3)CC2)ncc1N. The van der Waals surface area contributed by atoms with Gasteiger partial charge in [-0.05, 0) is 30.7 Å². The van der Waals surface area contributed by atoms with Gasteiger partial charge in [-0.1, -0.05) is 18.2 Å². The highest BCUT2D eigenvalue weighted by Crippen LogP contribution is 2.21. The number of aryl methyl sites for hydroxylation is 1. The van der Waals surface area contributed by atoms with Gasteiger partial charge in [-0.15, -0.1) is 0 Å². The number of pyridine rings is 1. The van der Waals surface area contributed by atoms with E-state index in [1.165, 1.54) is 5.69 Å². The van der Waals surface area contributed by atoms with Crippen LogP contribution in [0.25, 0.3) is 0 Å². The molecule has 1 aromatic heterocycles. The highest BCUT2D eigenvalue weighted by molar-refractivity contribution is 5.54. The van der Waals surface area contributed by atoms with Gasteiger partial charge in [0.2, 0.25) is 0 Å². The number of hydrogen-bond donors (Lipinski definition) is 1. The molecule has 2 N–H and O–H groups in total. The minimum Gasteiger partial charge on any atom is -0.397 e. The van der Waals surface area contributed by atoms with Crippen LogP contribution in [0, 0.1) is 6.92 Å². The number of nitrogens with two attached hydrogens (primary N) is 1. The fourth-order valence-electron chi connectivity index (χ4n) is 2.56. The Morgan fingerprint density at radius 3 is 2.30 bits per heavy atom. The molecular formula is C16H20N4. The second-order valence-electron chi connectivity index (χ2n) is 5.21. The summed E-state index contributed by atoms with van der Waals surface area (Å²) in [6.45, 7) is 6.06. The van der Waals surface area contributed by atoms with Gasteiger partial charge in [-0.3, -0.25) is 0 Å². The van der Waals surface area contributed by atoms with Gasteiger partial charge in [0.15, 0.2) is 0 Å². The first-order chi connectivity index (χ1) is 9.74. The fourth-order valence-corrected chi connectivity index (χ4v) is 2.56. The zero-order valence-electron chi connectivity index (χ0n) is 11.8. The molecule has 104 valence electrons. The van der Waals surface area contributed by atoms with Crippen LogP contribution in [0.3, 0.4) is 0 Å². The maximum absolute atomic E-state index is 5.83. The van der Waals surface area contributed by atoms with Gasteiger partial charge >= 0.3 is 0 Å². The van der Waals surface area contributed by atoms with Gasteiger partial charge in [-0.2, -0.15) is 0 Å². The number of piperazine rings is 1. The molecular weight excluding hydrogens is 248 g/mol. The molecule has 2 heterocycles. The zero-order chi connectivity index (χ0) is 13.9. The molecule has 1 saturated heterocycles. The molecule has 0 atom stereocenters. The number of hydrogen-bond acceptors (Lipinski definition) is 4. The molecule has 20 heavy (non-hydrogen) atoms. The van der Waals surface area contributed by atoms with Crippen LogP contribution >= 0.6 is 0 Å². The monoisotopic (exact) mass is 268 g/mol. The van der Waals surface area contributed by atoms with Gasteiger partial charge in [0.1, 0.15) is 5.82 Å². The number of para-hydroxylation sites is 1. The van der Waals surface area contributed by atoms with Crippen molar-refractivity contribution in [3.63, 3.8) is 0 Å². The van der Waals surface area contributed by atoms with Crippen molar-refractivity contribution < 1.29 is 0 Å². The van der Waals surface area contributed by atoms with Crippen molar-refractivity contribution in [2.45, 2.75) is 6.92 Å². The molecule has 1 aliphatic rings. The van der Waals surface area contributed by atoms with Crippen LogP contribution in [-0.2, 0) is 0 Å². The molecule has 4 nitrogen and oxygen atoms in total. The Hall–Kier alpha value is -2.23. The third-order valence-corrected chi connectivity index (χ3v) is 3.86. The lowest BCUT2D eigenvalue weighted by Gasteiger charge is -2.36. The quantitative estimate of drug-likeness (QED) is 0.907. The van der Waals surface area contributed by atoms with E-state index < -0.39 is 0 Å². The maximum Gasteiger partial charge on any atom is 0.129 e. The van der Waals surface area contributed by atoms with Crippen molar-refractivity contribution in [3.05, 3.63) is 48.2 Å². The molecule has 0 amide bonds. The molecule has 0 bridgehead atoms. The number of rotatable bonds is 2. The van der Waals surface area contributed by atoms with E-state index in [1.807, 2.05) is 6.92 Å². The second-order valence-corrected chi connectivity index (χ2v) is 5.21. The first-order valence-electron chi connectivity index (χ1n) is 7.01. The van der Waals surface area contributed by atoms with Crippen LogP contribution in [0.2, 0.25) is 0 Å². The summed E-state index contributed by atoms with van der Waals surface area (Å²) in [5.41, 5.74) is 8.99. The predicted octanol–water partition coefficient (Wildman–Crippen LogP) is 2.30. The Morgan fingerprint density at radius 1 is 1.00 bits per heavy atom. The van der Waals surface area contributed by atoms with Gasteiger partial charge in [0, 0.05) is 31.9 Å². The average Bonchev–Trinajstić information content (AvgIpc) is 2.51. The third-order valence-electron chi connectivity index (χ3n) is 3.86. The van der Waals surface area contributed by atoms with Crippen LogP contribution in [0.5, 0.6) is 0 Å². The summed E-state index contributed by atoms with van der Waals surface area (Å²) in [7, 11) is 0. The average molecular weight is 268 g/mol. The lowest BCUT2D eigenvalue weighted by Crippen LogP contribution is -2.46. The minimum atomic E-state index is 0.761. The highest BCUT2D eigenvalue weighted by Gasteiger charge is 2.18. The molecule has 0 saturated carbocycles. The van der Waals surface area contributed by atoms with Gasteiger partial charge in [0.05, 0.1) is 11.9 Å². The van der Waals surface area contributed by atoms with E-state index in [-0.39, 0.29) is 0 Å². The second kappa shape index (κ2) is 5.41. The van der Waals surface area contributed by atoms with Crippen LogP contribution in [0.15, 0.2) is 42.6 Å². The summed E-state index contributed by atoms with van der Waals surface area (Å²) < 4.78 is 0. The van der Waals surface area contributed by atoms with Crippen molar-refractivity contribution in [1.82, 2.24) is 4.98 Å². The number of nitrogens with zero attached hydrogens (tertiary/aromatic N) is 3. The van der Waals surface area contributed by atoms with E-state index in [4.69, 9.17) is 5.73 Å². The van der Waals surface area contributed by atoms with Crippen LogP contribution in [-0.4, -0.2) is 31.2 Å². The predicted molar refractivity (Wildman–Crippen MR) is 84.3 cm³/mol. The largest absolute Gasteiger partial charge is 0.397 e. The van der Waals surface area contributed by atoms with Gasteiger partial charge < -0.3 is 15.5 Å². The lowest BCUT2D eigenvalue weighted by atomic mass is 10.2. The first kappa shape index (κ1) is 12.8. The van der Waals surface area contributed by atoms with Crippen LogP contribution in [0.1, 0.15) is 5.56 Å². The Balaban J connectivity index is 1.68. The van der Waals surface area contributed by atoms with E-state index in [9.17, 15) is 0 Å². The minimum absolute atomic E-state index is 0.761. The first-order valence-corrected chi connectivity index (χ1v) is 7.01. The van der Waals surface area contributed by atoms with E-state index in [2.05, 4.69) is 51.2 Å². The Bertz CT molecular complexity index is 574. The molecule has 4 heteroatoms. The Kier molecular flexibility index (Phi) is 3.46. The summed E-state index contributed by atoms with van der Waals surface area (Å²) in [6.07, 6.45) is 1.76. The molecule has 0 aliphatic carbocycles. The van der Waals surface area contributed by atoms with Crippen molar-refractivity contribution in [2.24, 2.45) is 0 Å². The standard InChI is InChI=1S/C16H20N4/c1-13-11-16(18-12-15(13)17)20-9-7-19(8-10-20)14-5-3-2-4-6-14/h2-6,11-12H,7-10,17H2,1H3. The van der Waals surface area contributed by atoms with Crippen LogP contribution in [0.4, 0.5) is 17.2 Å². The molecule has 0 spiro atoms. The van der Waals surface area contributed by atoms with Gasteiger partial charge in [0.25, 0.3) is 0 Å². The van der Waals surface area contributed by atoms with Crippen molar-refractivity contribution >= 4 is 17.2 Å². The number of nitrogen functional groups attached to an aromatic ring is 1. The summed E-state index contributed by atoms with van der Waals surface area (Å²) in [5.74, 6) is 1.03. The summed E-state index contributed by atoms with van der Waals surface area (Å²) in [6, 6.07) is 12.6. The third kappa shape index (κ3) is 2.54. The molecule has 0 radical (unpaired) electrons. The number of benzene rings is 1. The molecule has 0 unspecified atom stereocenters. The van der Waals surface area contributed by atoms with Gasteiger partial charge in [-0.25, -0.2) is 4.98 Å². The highest BCUT2D eigenvalue weighted by atomic mass is 15.3. The van der Waals surface area contributed by atoms with Crippen molar-refractivity contribution in [3.8, 4) is 0 Å². The van der Waals surface area contributed by atoms with E-state index in [1.54, 1.807) is 6.20 Å². The zero-order valence-corrected chi connectivity index (χ0v) is 11.8. The summed E-state index contributed by atoms with van der Waals surface area (Å²) in [4.78, 5) is 9.19. The topological polar surface area (TPSA) is 45.4 Å². The van der Waals surface area contributed by atoms with E-state index in [0.717, 1.165) is 43.2 Å². The molecule has 1 fully saturated rings. The smallest absolute Gasteiger partial charge is 0.129 e. The molecule has 1 aromatic carbocycles.